The molecule has 0 aromatic heterocycles. The van der Waals surface area contributed by atoms with Crippen LogP contribution >= 0.6 is 23.2 Å². The molecule has 4 nitrogen and oxygen atoms in total. The van der Waals surface area contributed by atoms with E-state index in [0.29, 0.717) is 34.6 Å². The normalized spacial score (nSPS) is 16.7. The molecule has 1 aliphatic heterocycles. The first-order valence-electron chi connectivity index (χ1n) is 8.01. The first-order chi connectivity index (χ1) is 12.0. The minimum absolute atomic E-state index is 0.166. The van der Waals surface area contributed by atoms with Crippen molar-refractivity contribution in [3.63, 3.8) is 0 Å². The fourth-order valence-corrected chi connectivity index (χ4v) is 3.39. The molecule has 0 amide bonds. The Morgan fingerprint density at radius 2 is 1.92 bits per heavy atom. The van der Waals surface area contributed by atoms with Crippen LogP contribution in [0.4, 0.5) is 0 Å². The number of hydrazone groups is 1. The van der Waals surface area contributed by atoms with Crippen molar-refractivity contribution in [3.05, 3.63) is 63.6 Å². The van der Waals surface area contributed by atoms with Gasteiger partial charge in [-0.25, -0.2) is 0 Å². The van der Waals surface area contributed by atoms with Crippen molar-refractivity contribution in [2.45, 2.75) is 13.3 Å². The summed E-state index contributed by atoms with van der Waals surface area (Å²) in [5.41, 5.74) is 2.67. The van der Waals surface area contributed by atoms with E-state index in [1.807, 2.05) is 36.4 Å². The van der Waals surface area contributed by atoms with E-state index in [-0.39, 0.29) is 5.92 Å². The van der Waals surface area contributed by atoms with Crippen molar-refractivity contribution in [1.29, 1.82) is 5.41 Å². The van der Waals surface area contributed by atoms with Gasteiger partial charge in [0.2, 0.25) is 0 Å². The molecule has 1 unspecified atom stereocenters. The van der Waals surface area contributed by atoms with Gasteiger partial charge in [0.25, 0.3) is 0 Å². The Kier molecular flexibility index (Phi) is 5.30. The summed E-state index contributed by atoms with van der Waals surface area (Å²) in [6.45, 7) is 2.73. The summed E-state index contributed by atoms with van der Waals surface area (Å²) in [6, 6.07) is 13.2. The summed E-state index contributed by atoms with van der Waals surface area (Å²) in [7, 11) is 1.60. The number of halogens is 2. The zero-order valence-corrected chi connectivity index (χ0v) is 15.6. The highest BCUT2D eigenvalue weighted by Gasteiger charge is 2.28. The van der Waals surface area contributed by atoms with E-state index in [4.69, 9.17) is 33.3 Å². The second-order valence-electron chi connectivity index (χ2n) is 6.00. The third-order valence-corrected chi connectivity index (χ3v) is 4.88. The molecule has 2 aromatic carbocycles. The third kappa shape index (κ3) is 3.65. The van der Waals surface area contributed by atoms with Gasteiger partial charge in [0.15, 0.2) is 0 Å². The number of hydrogen-bond acceptors (Lipinski definition) is 3. The Morgan fingerprint density at radius 3 is 2.64 bits per heavy atom. The third-order valence-electron chi connectivity index (χ3n) is 4.22. The van der Waals surface area contributed by atoms with E-state index < -0.39 is 0 Å². The zero-order valence-electron chi connectivity index (χ0n) is 14.1. The van der Waals surface area contributed by atoms with Gasteiger partial charge in [0.05, 0.1) is 24.4 Å². The Labute approximate surface area is 157 Å². The lowest BCUT2D eigenvalue weighted by molar-refractivity contribution is 0.414. The van der Waals surface area contributed by atoms with Crippen LogP contribution in [0, 0.1) is 11.3 Å². The van der Waals surface area contributed by atoms with E-state index in [9.17, 15) is 0 Å². The van der Waals surface area contributed by atoms with Gasteiger partial charge < -0.3 is 4.74 Å². The fourth-order valence-electron chi connectivity index (χ4n) is 2.94. The van der Waals surface area contributed by atoms with E-state index in [1.54, 1.807) is 18.2 Å². The minimum atomic E-state index is 0.166. The molecule has 2 aromatic rings. The molecule has 0 spiro atoms. The molecular weight excluding hydrogens is 357 g/mol. The van der Waals surface area contributed by atoms with Crippen LogP contribution in [-0.2, 0) is 6.42 Å². The predicted molar refractivity (Wildman–Crippen MR) is 103 cm³/mol. The van der Waals surface area contributed by atoms with Gasteiger partial charge in [-0.3, -0.25) is 10.4 Å². The van der Waals surface area contributed by atoms with E-state index in [0.717, 1.165) is 16.8 Å². The number of amidine groups is 1. The molecule has 1 atom stereocenters. The van der Waals surface area contributed by atoms with Crippen LogP contribution in [0.25, 0.3) is 0 Å². The molecule has 1 N–H and O–H groups in total. The Hall–Kier alpha value is -2.04. The van der Waals surface area contributed by atoms with Crippen LogP contribution < -0.4 is 4.74 Å². The highest BCUT2D eigenvalue weighted by Crippen LogP contribution is 2.32. The maximum absolute atomic E-state index is 8.41. The topological polar surface area (TPSA) is 48.7 Å². The summed E-state index contributed by atoms with van der Waals surface area (Å²) in [6.07, 6.45) is 0.440. The van der Waals surface area contributed by atoms with Gasteiger partial charge in [-0.2, -0.15) is 5.10 Å². The average Bonchev–Trinajstić information content (AvgIpc) is 2.98. The molecular formula is C19H19Cl2N3O. The molecule has 25 heavy (non-hydrogen) atoms. The molecule has 1 heterocycles. The number of nitrogens with zero attached hydrogens (tertiary/aromatic N) is 2. The number of benzene rings is 2. The number of ether oxygens (including phenoxy) is 1. The zero-order chi connectivity index (χ0) is 18.0. The lowest BCUT2D eigenvalue weighted by Crippen LogP contribution is -2.26. The lowest BCUT2D eigenvalue weighted by atomic mass is 9.98. The van der Waals surface area contributed by atoms with Gasteiger partial charge in [-0.05, 0) is 23.8 Å². The van der Waals surface area contributed by atoms with Crippen LogP contribution in [0.5, 0.6) is 5.75 Å². The fraction of sp³-hybridized carbons (Fsp3) is 0.263. The number of rotatable bonds is 4. The van der Waals surface area contributed by atoms with Crippen molar-refractivity contribution in [1.82, 2.24) is 5.01 Å². The van der Waals surface area contributed by atoms with Crippen molar-refractivity contribution < 1.29 is 4.74 Å². The van der Waals surface area contributed by atoms with Gasteiger partial charge in [-0.1, -0.05) is 54.4 Å². The molecule has 6 heteroatoms. The number of methoxy groups -OCH3 is 1. The summed E-state index contributed by atoms with van der Waals surface area (Å²) < 4.78 is 5.44. The van der Waals surface area contributed by atoms with E-state index >= 15 is 0 Å². The number of hydrogen-bond donors (Lipinski definition) is 1. The number of nitrogens with one attached hydrogen (secondary N) is 1. The average molecular weight is 376 g/mol. The van der Waals surface area contributed by atoms with Crippen LogP contribution in [0.2, 0.25) is 10.0 Å². The molecule has 130 valence electrons. The molecule has 0 fully saturated rings. The summed E-state index contributed by atoms with van der Waals surface area (Å²) in [4.78, 5) is 0. The molecule has 0 saturated heterocycles. The smallest absolute Gasteiger partial charge is 0.146 e. The molecule has 0 bridgehead atoms. The Morgan fingerprint density at radius 1 is 1.20 bits per heavy atom. The minimum Gasteiger partial charge on any atom is -0.494 e. The second-order valence-corrected chi connectivity index (χ2v) is 6.82. The monoisotopic (exact) mass is 375 g/mol. The van der Waals surface area contributed by atoms with Crippen LogP contribution in [0.1, 0.15) is 18.1 Å². The van der Waals surface area contributed by atoms with Crippen LogP contribution in [0.15, 0.2) is 47.6 Å². The van der Waals surface area contributed by atoms with Crippen LogP contribution in [0.3, 0.4) is 0 Å². The maximum Gasteiger partial charge on any atom is 0.146 e. The van der Waals surface area contributed by atoms with E-state index in [2.05, 4.69) is 12.0 Å². The standard InChI is InChI=1S/C19H19Cl2N3O/c1-12-11-24(17(22)10-13-6-3-4-8-15(13)20)23-18(12)14-7-5-9-16(21)19(14)25-2/h3-9,12,22H,10-11H2,1-2H3. The second kappa shape index (κ2) is 7.46. The van der Waals surface area contributed by atoms with Gasteiger partial charge in [0, 0.05) is 22.9 Å². The highest BCUT2D eigenvalue weighted by atomic mass is 35.5. The first kappa shape index (κ1) is 17.8. The summed E-state index contributed by atoms with van der Waals surface area (Å²) in [5, 5.41) is 16.0. The molecule has 1 aliphatic rings. The van der Waals surface area contributed by atoms with E-state index in [1.165, 1.54) is 0 Å². The van der Waals surface area contributed by atoms with Crippen molar-refractivity contribution in [3.8, 4) is 5.75 Å². The maximum atomic E-state index is 8.41. The van der Waals surface area contributed by atoms with Crippen molar-refractivity contribution in [2.24, 2.45) is 11.0 Å². The highest BCUT2D eigenvalue weighted by molar-refractivity contribution is 6.33. The van der Waals surface area contributed by atoms with Gasteiger partial charge >= 0.3 is 0 Å². The Balaban J connectivity index is 1.86. The van der Waals surface area contributed by atoms with Gasteiger partial charge in [-0.15, -0.1) is 0 Å². The summed E-state index contributed by atoms with van der Waals surface area (Å²) >= 11 is 12.4. The number of para-hydroxylation sites is 1. The quantitative estimate of drug-likeness (QED) is 0.611. The Bertz CT molecular complexity index is 835. The van der Waals surface area contributed by atoms with Crippen LogP contribution in [-0.4, -0.2) is 30.2 Å². The van der Waals surface area contributed by atoms with Crippen molar-refractivity contribution >= 4 is 34.7 Å². The lowest BCUT2D eigenvalue weighted by Gasteiger charge is -2.16. The summed E-state index contributed by atoms with van der Waals surface area (Å²) in [5.74, 6) is 1.20. The predicted octanol–water partition coefficient (Wildman–Crippen LogP) is 4.88. The SMILES string of the molecule is COc1c(Cl)cccc1C1=NN(C(=N)Cc2ccccc2Cl)CC1C. The molecule has 0 saturated carbocycles. The first-order valence-corrected chi connectivity index (χ1v) is 8.76. The molecule has 0 aliphatic carbocycles. The van der Waals surface area contributed by atoms with Crippen molar-refractivity contribution in [2.75, 3.05) is 13.7 Å². The molecule has 3 rings (SSSR count). The molecule has 0 radical (unpaired) electrons. The largest absolute Gasteiger partial charge is 0.494 e. The van der Waals surface area contributed by atoms with Gasteiger partial charge in [0.1, 0.15) is 11.6 Å².